The molecule has 0 spiro atoms. The molecule has 1 saturated heterocycles. The van der Waals surface area contributed by atoms with Gasteiger partial charge in [-0.2, -0.15) is 5.10 Å². The summed E-state index contributed by atoms with van der Waals surface area (Å²) in [5.74, 6) is 0.0340. The Balaban J connectivity index is 1.79. The van der Waals surface area contributed by atoms with Gasteiger partial charge in [0, 0.05) is 32.5 Å². The Morgan fingerprint density at radius 3 is 2.78 bits per heavy atom. The summed E-state index contributed by atoms with van der Waals surface area (Å²) >= 11 is 0. The largest absolute Gasteiger partial charge is 0.329 e. The molecule has 1 fully saturated rings. The highest BCUT2D eigenvalue weighted by Crippen LogP contribution is 2.32. The fourth-order valence-electron chi connectivity index (χ4n) is 3.14. The van der Waals surface area contributed by atoms with Crippen molar-refractivity contribution in [2.45, 2.75) is 25.4 Å². The van der Waals surface area contributed by atoms with Gasteiger partial charge in [-0.15, -0.1) is 0 Å². The van der Waals surface area contributed by atoms with Crippen LogP contribution < -0.4 is 0 Å². The first kappa shape index (κ1) is 15.7. The van der Waals surface area contributed by atoms with Crippen molar-refractivity contribution in [1.82, 2.24) is 24.6 Å². The van der Waals surface area contributed by atoms with Crippen LogP contribution in [-0.4, -0.2) is 51.1 Å². The van der Waals surface area contributed by atoms with Crippen LogP contribution in [0.5, 0.6) is 0 Å². The predicted molar refractivity (Wildman–Crippen MR) is 87.8 cm³/mol. The van der Waals surface area contributed by atoms with Crippen molar-refractivity contribution in [3.63, 3.8) is 0 Å². The van der Waals surface area contributed by atoms with Crippen molar-refractivity contribution in [3.8, 4) is 0 Å². The summed E-state index contributed by atoms with van der Waals surface area (Å²) in [5.41, 5.74) is 2.78. The van der Waals surface area contributed by atoms with Crippen LogP contribution in [0.2, 0.25) is 0 Å². The second-order valence-corrected chi connectivity index (χ2v) is 6.33. The number of hydrogen-bond acceptors (Lipinski definition) is 4. The highest BCUT2D eigenvalue weighted by atomic mass is 16.2. The quantitative estimate of drug-likeness (QED) is 0.864. The Bertz CT molecular complexity index is 677. The highest BCUT2D eigenvalue weighted by molar-refractivity contribution is 5.93. The summed E-state index contributed by atoms with van der Waals surface area (Å²) < 4.78 is 1.63. The Morgan fingerprint density at radius 2 is 2.17 bits per heavy atom. The number of nitrogens with zero attached hydrogens (tertiary/aromatic N) is 5. The number of amides is 1. The molecular weight excluding hydrogens is 290 g/mol. The summed E-state index contributed by atoms with van der Waals surface area (Å²) in [5, 5.41) is 4.09. The molecule has 3 rings (SSSR count). The first-order chi connectivity index (χ1) is 11.1. The molecule has 0 aliphatic carbocycles. The van der Waals surface area contributed by atoms with Gasteiger partial charge < -0.3 is 9.80 Å². The molecule has 23 heavy (non-hydrogen) atoms. The number of aromatic nitrogens is 3. The molecule has 6 nitrogen and oxygen atoms in total. The minimum absolute atomic E-state index is 0.0340. The maximum Gasteiger partial charge on any atom is 0.272 e. The number of carbonyl (C=O) groups excluding carboxylic acids is 1. The van der Waals surface area contributed by atoms with Gasteiger partial charge in [0.1, 0.15) is 5.69 Å². The van der Waals surface area contributed by atoms with E-state index in [0.717, 1.165) is 31.6 Å². The second kappa shape index (κ2) is 6.50. The lowest BCUT2D eigenvalue weighted by molar-refractivity contribution is 0.0721. The zero-order chi connectivity index (χ0) is 16.4. The van der Waals surface area contributed by atoms with Gasteiger partial charge in [-0.05, 0) is 44.6 Å². The number of hydrogen-bond donors (Lipinski definition) is 0. The highest BCUT2D eigenvalue weighted by Gasteiger charge is 2.32. The molecule has 1 aliphatic rings. The van der Waals surface area contributed by atoms with Crippen LogP contribution in [0.15, 0.2) is 30.6 Å². The third kappa shape index (κ3) is 3.27. The SMILES string of the molecule is CN(C)Cc1ccc(C2CCCN2C(=O)c2ccnn2C)nc1. The van der Waals surface area contributed by atoms with Crippen LogP contribution in [0, 0.1) is 0 Å². The molecule has 0 bridgehead atoms. The first-order valence-electron chi connectivity index (χ1n) is 7.95. The molecule has 3 heterocycles. The molecule has 0 saturated carbocycles. The van der Waals surface area contributed by atoms with E-state index in [-0.39, 0.29) is 11.9 Å². The lowest BCUT2D eigenvalue weighted by atomic mass is 10.1. The normalized spacial score (nSPS) is 17.9. The molecule has 2 aromatic rings. The van der Waals surface area contributed by atoms with Crippen molar-refractivity contribution in [2.24, 2.45) is 7.05 Å². The summed E-state index contributed by atoms with van der Waals surface area (Å²) in [6.45, 7) is 1.64. The molecular formula is C17H23N5O. The molecule has 0 aromatic carbocycles. The molecule has 1 aliphatic heterocycles. The second-order valence-electron chi connectivity index (χ2n) is 6.33. The van der Waals surface area contributed by atoms with Crippen molar-refractivity contribution >= 4 is 5.91 Å². The Kier molecular flexibility index (Phi) is 4.43. The number of carbonyl (C=O) groups is 1. The molecule has 0 N–H and O–H groups in total. The van der Waals surface area contributed by atoms with Gasteiger partial charge in [0.25, 0.3) is 5.91 Å². The maximum absolute atomic E-state index is 12.8. The van der Waals surface area contributed by atoms with E-state index in [1.54, 1.807) is 24.0 Å². The van der Waals surface area contributed by atoms with Crippen LogP contribution in [0.25, 0.3) is 0 Å². The fourth-order valence-corrected chi connectivity index (χ4v) is 3.14. The zero-order valence-corrected chi connectivity index (χ0v) is 13.9. The lowest BCUT2D eigenvalue weighted by Crippen LogP contribution is -2.32. The monoisotopic (exact) mass is 313 g/mol. The Labute approximate surface area is 136 Å². The van der Waals surface area contributed by atoms with Crippen LogP contribution in [0.1, 0.15) is 40.6 Å². The molecule has 122 valence electrons. The lowest BCUT2D eigenvalue weighted by Gasteiger charge is -2.24. The predicted octanol–water partition coefficient (Wildman–Crippen LogP) is 1.85. The van der Waals surface area contributed by atoms with Gasteiger partial charge in [0.2, 0.25) is 0 Å². The van der Waals surface area contributed by atoms with Gasteiger partial charge >= 0.3 is 0 Å². The van der Waals surface area contributed by atoms with E-state index in [0.29, 0.717) is 5.69 Å². The van der Waals surface area contributed by atoms with Crippen molar-refractivity contribution in [1.29, 1.82) is 0 Å². The van der Waals surface area contributed by atoms with E-state index in [1.807, 2.05) is 25.2 Å². The maximum atomic E-state index is 12.8. The molecule has 1 amide bonds. The molecule has 0 radical (unpaired) electrons. The number of pyridine rings is 1. The molecule has 1 atom stereocenters. The molecule has 6 heteroatoms. The minimum Gasteiger partial charge on any atom is -0.329 e. The third-order valence-electron chi connectivity index (χ3n) is 4.24. The molecule has 1 unspecified atom stereocenters. The summed E-state index contributed by atoms with van der Waals surface area (Å²) in [6.07, 6.45) is 5.55. The smallest absolute Gasteiger partial charge is 0.272 e. The van der Waals surface area contributed by atoms with Crippen LogP contribution in [-0.2, 0) is 13.6 Å². The summed E-state index contributed by atoms with van der Waals surface area (Å²) in [7, 11) is 5.88. The average molecular weight is 313 g/mol. The summed E-state index contributed by atoms with van der Waals surface area (Å²) in [6, 6.07) is 5.99. The Hall–Kier alpha value is -2.21. The zero-order valence-electron chi connectivity index (χ0n) is 13.9. The number of rotatable bonds is 4. The number of aryl methyl sites for hydroxylation is 1. The minimum atomic E-state index is 0.0340. The average Bonchev–Trinajstić information content (AvgIpc) is 3.15. The van der Waals surface area contributed by atoms with E-state index in [9.17, 15) is 4.79 Å². The summed E-state index contributed by atoms with van der Waals surface area (Å²) in [4.78, 5) is 21.4. The van der Waals surface area contributed by atoms with E-state index in [2.05, 4.69) is 27.1 Å². The van der Waals surface area contributed by atoms with Crippen LogP contribution >= 0.6 is 0 Å². The first-order valence-corrected chi connectivity index (χ1v) is 7.95. The third-order valence-corrected chi connectivity index (χ3v) is 4.24. The Morgan fingerprint density at radius 1 is 1.35 bits per heavy atom. The van der Waals surface area contributed by atoms with Gasteiger partial charge in [0.05, 0.1) is 11.7 Å². The van der Waals surface area contributed by atoms with Gasteiger partial charge in [-0.25, -0.2) is 0 Å². The van der Waals surface area contributed by atoms with Crippen LogP contribution in [0.4, 0.5) is 0 Å². The van der Waals surface area contributed by atoms with E-state index < -0.39 is 0 Å². The van der Waals surface area contributed by atoms with Crippen molar-refractivity contribution in [3.05, 3.63) is 47.5 Å². The van der Waals surface area contributed by atoms with Gasteiger partial charge in [0.15, 0.2) is 0 Å². The van der Waals surface area contributed by atoms with Gasteiger partial charge in [-0.1, -0.05) is 6.07 Å². The van der Waals surface area contributed by atoms with E-state index in [4.69, 9.17) is 0 Å². The van der Waals surface area contributed by atoms with Crippen molar-refractivity contribution in [2.75, 3.05) is 20.6 Å². The van der Waals surface area contributed by atoms with E-state index in [1.165, 1.54) is 5.56 Å². The number of likely N-dealkylation sites (tertiary alicyclic amines) is 1. The topological polar surface area (TPSA) is 54.3 Å². The fraction of sp³-hybridized carbons (Fsp3) is 0.471. The van der Waals surface area contributed by atoms with Crippen molar-refractivity contribution < 1.29 is 4.79 Å². The van der Waals surface area contributed by atoms with Gasteiger partial charge in [-0.3, -0.25) is 14.5 Å². The van der Waals surface area contributed by atoms with Crippen LogP contribution in [0.3, 0.4) is 0 Å². The standard InChI is InChI=1S/C17H23N5O/c1-20(2)12-13-6-7-14(18-11-13)15-5-4-10-22(15)17(23)16-8-9-19-21(16)3/h6-9,11,15H,4-5,10,12H2,1-3H3. The van der Waals surface area contributed by atoms with E-state index >= 15 is 0 Å². The molecule has 2 aromatic heterocycles.